The zero-order valence-corrected chi connectivity index (χ0v) is 10.9. The van der Waals surface area contributed by atoms with Crippen molar-refractivity contribution in [1.29, 1.82) is 0 Å². The Hall–Kier alpha value is 0.250. The third-order valence-electron chi connectivity index (χ3n) is 2.40. The molecular weight excluding hydrogens is 311 g/mol. The second-order valence-electron chi connectivity index (χ2n) is 3.48. The van der Waals surface area contributed by atoms with Crippen molar-refractivity contribution in [3.05, 3.63) is 8.84 Å². The number of nitrogens with zero attached hydrogens (tertiary/aromatic N) is 2. The lowest BCUT2D eigenvalue weighted by Crippen LogP contribution is -2.19. The van der Waals surface area contributed by atoms with E-state index in [0.717, 1.165) is 28.3 Å². The number of hydrogen-bond donors (Lipinski definition) is 0. The van der Waals surface area contributed by atoms with E-state index in [-0.39, 0.29) is 0 Å². The van der Waals surface area contributed by atoms with Gasteiger partial charge in [0.2, 0.25) is 3.83 Å². The van der Waals surface area contributed by atoms with E-state index in [4.69, 9.17) is 4.74 Å². The molecule has 3 nitrogen and oxygen atoms in total. The van der Waals surface area contributed by atoms with Gasteiger partial charge in [0.1, 0.15) is 5.01 Å². The van der Waals surface area contributed by atoms with Gasteiger partial charge < -0.3 is 4.74 Å². The maximum atomic E-state index is 5.66. The standard InChI is InChI=1S/C9H13IN2OS/c10-9-11-8(14-12-9)5-4-7-3-1-2-6-13-7/h7H,1-6H2. The summed E-state index contributed by atoms with van der Waals surface area (Å²) in [7, 11) is 0. The fraction of sp³-hybridized carbons (Fsp3) is 0.778. The molecule has 5 heteroatoms. The predicted molar refractivity (Wildman–Crippen MR) is 64.5 cm³/mol. The van der Waals surface area contributed by atoms with Gasteiger partial charge in [-0.15, -0.1) is 0 Å². The van der Waals surface area contributed by atoms with Crippen LogP contribution in [0.5, 0.6) is 0 Å². The first-order chi connectivity index (χ1) is 6.84. The summed E-state index contributed by atoms with van der Waals surface area (Å²) in [6.45, 7) is 0.943. The minimum Gasteiger partial charge on any atom is -0.378 e. The Morgan fingerprint density at radius 3 is 3.07 bits per heavy atom. The molecule has 1 unspecified atom stereocenters. The smallest absolute Gasteiger partial charge is 0.203 e. The SMILES string of the molecule is Ic1nsc(CCC2CCCCO2)n1. The molecule has 1 aromatic heterocycles. The van der Waals surface area contributed by atoms with Crippen molar-refractivity contribution in [2.24, 2.45) is 0 Å². The quantitative estimate of drug-likeness (QED) is 0.802. The van der Waals surface area contributed by atoms with Crippen LogP contribution in [0, 0.1) is 3.83 Å². The van der Waals surface area contributed by atoms with Gasteiger partial charge in [-0.25, -0.2) is 4.98 Å². The van der Waals surface area contributed by atoms with Gasteiger partial charge in [0.25, 0.3) is 0 Å². The molecule has 0 N–H and O–H groups in total. The van der Waals surface area contributed by atoms with Gasteiger partial charge >= 0.3 is 0 Å². The van der Waals surface area contributed by atoms with Gasteiger partial charge in [0.15, 0.2) is 0 Å². The third-order valence-corrected chi connectivity index (χ3v) is 3.98. The summed E-state index contributed by atoms with van der Waals surface area (Å²) in [6, 6.07) is 0. The molecule has 78 valence electrons. The van der Waals surface area contributed by atoms with E-state index in [0.29, 0.717) is 6.10 Å². The van der Waals surface area contributed by atoms with E-state index in [9.17, 15) is 0 Å². The largest absolute Gasteiger partial charge is 0.378 e. The van der Waals surface area contributed by atoms with Crippen LogP contribution in [0.2, 0.25) is 0 Å². The monoisotopic (exact) mass is 324 g/mol. The molecule has 0 spiro atoms. The summed E-state index contributed by atoms with van der Waals surface area (Å²) in [5.41, 5.74) is 0. The van der Waals surface area contributed by atoms with Gasteiger partial charge in [0, 0.05) is 35.6 Å². The van der Waals surface area contributed by atoms with Gasteiger partial charge in [-0.2, -0.15) is 4.37 Å². The molecule has 1 aromatic rings. The lowest BCUT2D eigenvalue weighted by Gasteiger charge is -2.21. The van der Waals surface area contributed by atoms with Crippen LogP contribution in [0.25, 0.3) is 0 Å². The molecule has 1 fully saturated rings. The van der Waals surface area contributed by atoms with Crippen molar-refractivity contribution in [2.45, 2.75) is 38.2 Å². The van der Waals surface area contributed by atoms with E-state index < -0.39 is 0 Å². The van der Waals surface area contributed by atoms with Crippen LogP contribution in [-0.2, 0) is 11.2 Å². The maximum Gasteiger partial charge on any atom is 0.203 e. The lowest BCUT2D eigenvalue weighted by atomic mass is 10.1. The van der Waals surface area contributed by atoms with Crippen LogP contribution >= 0.6 is 34.1 Å². The molecule has 2 rings (SSSR count). The Labute approximate surface area is 102 Å². The Morgan fingerprint density at radius 2 is 2.43 bits per heavy atom. The molecule has 0 radical (unpaired) electrons. The van der Waals surface area contributed by atoms with Crippen molar-refractivity contribution < 1.29 is 4.74 Å². The molecule has 14 heavy (non-hydrogen) atoms. The molecule has 1 atom stereocenters. The number of halogens is 1. The van der Waals surface area contributed by atoms with E-state index in [1.807, 2.05) is 0 Å². The number of rotatable bonds is 3. The Morgan fingerprint density at radius 1 is 1.50 bits per heavy atom. The summed E-state index contributed by atoms with van der Waals surface area (Å²) < 4.78 is 10.7. The molecule has 0 aromatic carbocycles. The van der Waals surface area contributed by atoms with Crippen LogP contribution in [0.15, 0.2) is 0 Å². The van der Waals surface area contributed by atoms with Gasteiger partial charge in [-0.3, -0.25) is 0 Å². The van der Waals surface area contributed by atoms with Crippen molar-refractivity contribution in [2.75, 3.05) is 6.61 Å². The average Bonchev–Trinajstić information content (AvgIpc) is 2.63. The molecule has 2 heterocycles. The number of ether oxygens (including phenoxy) is 1. The molecule has 1 aliphatic rings. The van der Waals surface area contributed by atoms with Crippen LogP contribution in [0.1, 0.15) is 30.7 Å². The molecule has 0 bridgehead atoms. The van der Waals surface area contributed by atoms with Gasteiger partial charge in [-0.1, -0.05) is 0 Å². The van der Waals surface area contributed by atoms with E-state index >= 15 is 0 Å². The summed E-state index contributed by atoms with van der Waals surface area (Å²) in [4.78, 5) is 4.33. The highest BCUT2D eigenvalue weighted by molar-refractivity contribution is 14.1. The molecule has 0 amide bonds. The van der Waals surface area contributed by atoms with Crippen LogP contribution < -0.4 is 0 Å². The van der Waals surface area contributed by atoms with Crippen LogP contribution in [-0.4, -0.2) is 22.1 Å². The molecular formula is C9H13IN2OS. The van der Waals surface area contributed by atoms with Crippen molar-refractivity contribution in [3.8, 4) is 0 Å². The maximum absolute atomic E-state index is 5.66. The minimum atomic E-state index is 0.463. The van der Waals surface area contributed by atoms with E-state index in [1.54, 1.807) is 0 Å². The van der Waals surface area contributed by atoms with Gasteiger partial charge in [0.05, 0.1) is 6.10 Å². The molecule has 0 aliphatic carbocycles. The summed E-state index contributed by atoms with van der Waals surface area (Å²) >= 11 is 3.67. The third kappa shape index (κ3) is 3.13. The van der Waals surface area contributed by atoms with Gasteiger partial charge in [-0.05, 0) is 37.2 Å². The number of aryl methyl sites for hydroxylation is 1. The minimum absolute atomic E-state index is 0.463. The fourth-order valence-corrected chi connectivity index (χ4v) is 2.96. The second kappa shape index (κ2) is 5.37. The fourth-order valence-electron chi connectivity index (χ4n) is 1.66. The normalized spacial score (nSPS) is 22.5. The highest BCUT2D eigenvalue weighted by Crippen LogP contribution is 2.18. The molecule has 1 aliphatic heterocycles. The zero-order valence-electron chi connectivity index (χ0n) is 7.91. The Balaban J connectivity index is 1.76. The second-order valence-corrected chi connectivity index (χ2v) is 5.29. The molecule has 1 saturated heterocycles. The van der Waals surface area contributed by atoms with Crippen molar-refractivity contribution in [3.63, 3.8) is 0 Å². The first-order valence-electron chi connectivity index (χ1n) is 4.94. The van der Waals surface area contributed by atoms with Crippen molar-refractivity contribution in [1.82, 2.24) is 9.36 Å². The Kier molecular flexibility index (Phi) is 4.12. The average molecular weight is 324 g/mol. The summed E-state index contributed by atoms with van der Waals surface area (Å²) in [5.74, 6) is 0. The van der Waals surface area contributed by atoms with Crippen LogP contribution in [0.3, 0.4) is 0 Å². The highest BCUT2D eigenvalue weighted by atomic mass is 127. The first kappa shape index (κ1) is 10.8. The first-order valence-corrected chi connectivity index (χ1v) is 6.79. The summed E-state index contributed by atoms with van der Waals surface area (Å²) in [6.07, 6.45) is 6.35. The summed E-state index contributed by atoms with van der Waals surface area (Å²) in [5, 5.41) is 1.14. The van der Waals surface area contributed by atoms with E-state index in [1.165, 1.54) is 30.8 Å². The molecule has 0 saturated carbocycles. The topological polar surface area (TPSA) is 35.0 Å². The lowest BCUT2D eigenvalue weighted by molar-refractivity contribution is 0.0115. The predicted octanol–water partition coefficient (Wildman–Crippen LogP) is 2.64. The zero-order chi connectivity index (χ0) is 9.80. The Bertz CT molecular complexity index is 286. The number of hydrogen-bond acceptors (Lipinski definition) is 4. The number of aromatic nitrogens is 2. The van der Waals surface area contributed by atoms with Crippen molar-refractivity contribution >= 4 is 34.1 Å². The highest BCUT2D eigenvalue weighted by Gasteiger charge is 2.14. The van der Waals surface area contributed by atoms with Crippen LogP contribution in [0.4, 0.5) is 0 Å². The van der Waals surface area contributed by atoms with E-state index in [2.05, 4.69) is 31.9 Å².